The number of nitrogens with one attached hydrogen (secondary N) is 1. The van der Waals surface area contributed by atoms with Crippen molar-refractivity contribution in [3.05, 3.63) is 36.5 Å². The van der Waals surface area contributed by atoms with Crippen molar-refractivity contribution in [1.82, 2.24) is 5.32 Å². The van der Waals surface area contributed by atoms with Crippen LogP contribution in [-0.4, -0.2) is 68.5 Å². The molecule has 0 fully saturated rings. The van der Waals surface area contributed by atoms with Crippen LogP contribution in [0.4, 0.5) is 0 Å². The number of likely N-dealkylation sites (N-methyl/N-ethyl adjacent to an activating group) is 1. The summed E-state index contributed by atoms with van der Waals surface area (Å²) >= 11 is 0. The summed E-state index contributed by atoms with van der Waals surface area (Å²) in [5.41, 5.74) is 0. The second-order valence-electron chi connectivity index (χ2n) is 28.4. The zero-order chi connectivity index (χ0) is 64.1. The standard InChI is InChI=1S/C79H155N2O6P/c1-6-8-10-12-14-16-18-20-22-24-26-28-30-32-34-35-36-37-38-39-40-41-42-43-44-45-47-49-51-53-55-57-59-61-63-65-67-69-71-73-79(83)80-77(76-87-88(84,85)86-75-74-81(3,4)5)78(82)72-70-68-66-64-62-60-58-56-54-52-50-48-46-33-31-29-27-25-23-21-19-17-15-13-11-9-7-2/h18,20,24,26,30,32,77-78,82H,6-17,19,21-23,25,27-29,31,33-76H2,1-5H3,(H-,80,83,84,85)/b20-18-,26-24-,32-30-. The van der Waals surface area contributed by atoms with E-state index in [2.05, 4.69) is 55.6 Å². The average Bonchev–Trinajstić information content (AvgIpc) is 3.70. The first-order valence-corrected chi connectivity index (χ1v) is 40.8. The maximum absolute atomic E-state index is 13.1. The largest absolute Gasteiger partial charge is 0.756 e. The molecule has 0 saturated heterocycles. The van der Waals surface area contributed by atoms with Gasteiger partial charge in [-0.25, -0.2) is 0 Å². The van der Waals surface area contributed by atoms with Crippen molar-refractivity contribution in [3.8, 4) is 0 Å². The molecule has 0 aromatic carbocycles. The first-order valence-electron chi connectivity index (χ1n) is 39.3. The van der Waals surface area contributed by atoms with Crippen LogP contribution in [0.15, 0.2) is 36.5 Å². The quantitative estimate of drug-likeness (QED) is 0.0272. The number of unbranched alkanes of at least 4 members (excludes halogenated alkanes) is 55. The summed E-state index contributed by atoms with van der Waals surface area (Å²) in [5, 5.41) is 14.1. The Morgan fingerprint density at radius 1 is 0.398 bits per heavy atom. The van der Waals surface area contributed by atoms with Gasteiger partial charge in [-0.3, -0.25) is 9.36 Å². The van der Waals surface area contributed by atoms with Crippen LogP contribution in [0, 0.1) is 0 Å². The van der Waals surface area contributed by atoms with Crippen LogP contribution in [-0.2, 0) is 18.4 Å². The molecule has 1 amide bonds. The lowest BCUT2D eigenvalue weighted by Crippen LogP contribution is -2.46. The number of rotatable bonds is 74. The van der Waals surface area contributed by atoms with E-state index < -0.39 is 20.0 Å². The van der Waals surface area contributed by atoms with E-state index in [-0.39, 0.29) is 19.1 Å². The van der Waals surface area contributed by atoms with Crippen LogP contribution in [0.1, 0.15) is 412 Å². The fourth-order valence-electron chi connectivity index (χ4n) is 12.3. The van der Waals surface area contributed by atoms with E-state index in [1.165, 1.54) is 334 Å². The lowest BCUT2D eigenvalue weighted by atomic mass is 10.0. The highest BCUT2D eigenvalue weighted by Crippen LogP contribution is 2.38. The Morgan fingerprint density at radius 3 is 0.955 bits per heavy atom. The third-order valence-electron chi connectivity index (χ3n) is 18.4. The van der Waals surface area contributed by atoms with Gasteiger partial charge in [-0.1, -0.05) is 391 Å². The average molecular weight is 1260 g/mol. The van der Waals surface area contributed by atoms with E-state index in [1.54, 1.807) is 0 Å². The summed E-state index contributed by atoms with van der Waals surface area (Å²) in [4.78, 5) is 25.7. The van der Waals surface area contributed by atoms with Crippen LogP contribution in [0.2, 0.25) is 0 Å². The molecule has 0 bridgehead atoms. The second-order valence-corrected chi connectivity index (χ2v) is 29.8. The molecule has 3 unspecified atom stereocenters. The van der Waals surface area contributed by atoms with Crippen molar-refractivity contribution in [3.63, 3.8) is 0 Å². The van der Waals surface area contributed by atoms with Crippen LogP contribution >= 0.6 is 7.82 Å². The van der Waals surface area contributed by atoms with Gasteiger partial charge in [0, 0.05) is 6.42 Å². The zero-order valence-corrected chi connectivity index (χ0v) is 60.9. The van der Waals surface area contributed by atoms with Gasteiger partial charge in [-0.15, -0.1) is 0 Å². The van der Waals surface area contributed by atoms with Gasteiger partial charge >= 0.3 is 0 Å². The number of aliphatic hydroxyl groups is 1. The summed E-state index contributed by atoms with van der Waals surface area (Å²) in [5.74, 6) is -0.155. The van der Waals surface area contributed by atoms with Gasteiger partial charge < -0.3 is 28.8 Å². The van der Waals surface area contributed by atoms with Gasteiger partial charge in [-0.05, 0) is 51.4 Å². The van der Waals surface area contributed by atoms with Gasteiger partial charge in [0.1, 0.15) is 13.2 Å². The van der Waals surface area contributed by atoms with E-state index in [1.807, 2.05) is 21.1 Å². The third kappa shape index (κ3) is 72.2. The van der Waals surface area contributed by atoms with E-state index in [9.17, 15) is 19.4 Å². The van der Waals surface area contributed by atoms with Crippen LogP contribution in [0.25, 0.3) is 0 Å². The predicted octanol–water partition coefficient (Wildman–Crippen LogP) is 24.9. The molecule has 3 atom stereocenters. The number of aliphatic hydroxyl groups excluding tert-OH is 1. The SMILES string of the molecule is CCCCCCC/C=C\C/C=C\C/C=C\CCCCCCCCCCCCCCCCCCCCCCCCCCC(=O)NC(COP(=O)([O-])OCC[N+](C)(C)C)C(O)CCCCCCCCCCCCCCCCCCCCCCCCCCCCC. The molecule has 9 heteroatoms. The van der Waals surface area contributed by atoms with E-state index in [0.717, 1.165) is 51.4 Å². The van der Waals surface area contributed by atoms with Crippen molar-refractivity contribution >= 4 is 13.7 Å². The minimum atomic E-state index is -4.58. The molecule has 0 aliphatic carbocycles. The molecule has 0 aliphatic rings. The Balaban J connectivity index is 3.90. The summed E-state index contributed by atoms with van der Waals surface area (Å²) < 4.78 is 23.6. The Kier molecular flexibility index (Phi) is 69.0. The normalized spacial score (nSPS) is 13.7. The zero-order valence-electron chi connectivity index (χ0n) is 60.0. The molecular weight excluding hydrogens is 1100 g/mol. The van der Waals surface area contributed by atoms with Crippen molar-refractivity contribution in [2.45, 2.75) is 424 Å². The number of phosphoric ester groups is 1. The number of allylic oxidation sites excluding steroid dienone is 6. The minimum Gasteiger partial charge on any atom is -0.756 e. The number of carbonyl (C=O) groups excluding carboxylic acids is 1. The maximum Gasteiger partial charge on any atom is 0.268 e. The molecule has 0 spiro atoms. The van der Waals surface area contributed by atoms with Gasteiger partial charge in [0.05, 0.1) is 39.9 Å². The Labute approximate surface area is 550 Å². The molecule has 88 heavy (non-hydrogen) atoms. The fraction of sp³-hybridized carbons (Fsp3) is 0.911. The van der Waals surface area contributed by atoms with Crippen molar-refractivity contribution < 1.29 is 32.9 Å². The van der Waals surface area contributed by atoms with Crippen molar-refractivity contribution in [2.24, 2.45) is 0 Å². The van der Waals surface area contributed by atoms with Gasteiger partial charge in [0.2, 0.25) is 5.91 Å². The van der Waals surface area contributed by atoms with Crippen molar-refractivity contribution in [1.29, 1.82) is 0 Å². The number of hydrogen-bond acceptors (Lipinski definition) is 6. The number of hydrogen-bond donors (Lipinski definition) is 2. The Hall–Kier alpha value is -1.28. The molecule has 0 aromatic rings. The molecule has 0 aliphatic heterocycles. The molecule has 522 valence electrons. The number of quaternary nitrogens is 1. The number of phosphoric acid groups is 1. The minimum absolute atomic E-state index is 0.0151. The summed E-state index contributed by atoms with van der Waals surface area (Å²) in [6.45, 7) is 4.78. The summed E-state index contributed by atoms with van der Waals surface area (Å²) in [7, 11) is 1.33. The lowest BCUT2D eigenvalue weighted by molar-refractivity contribution is -0.870. The third-order valence-corrected chi connectivity index (χ3v) is 19.3. The highest BCUT2D eigenvalue weighted by Gasteiger charge is 2.24. The lowest BCUT2D eigenvalue weighted by Gasteiger charge is -2.30. The van der Waals surface area contributed by atoms with E-state index >= 15 is 0 Å². The van der Waals surface area contributed by atoms with E-state index in [4.69, 9.17) is 9.05 Å². The molecule has 2 N–H and O–H groups in total. The summed E-state index contributed by atoms with van der Waals surface area (Å²) in [6, 6.07) is -0.800. The monoisotopic (exact) mass is 1260 g/mol. The molecule has 0 aromatic heterocycles. The number of nitrogens with zero attached hydrogens (tertiary/aromatic N) is 1. The van der Waals surface area contributed by atoms with Crippen LogP contribution in [0.3, 0.4) is 0 Å². The predicted molar refractivity (Wildman–Crippen MR) is 385 cm³/mol. The van der Waals surface area contributed by atoms with Crippen LogP contribution in [0.5, 0.6) is 0 Å². The highest BCUT2D eigenvalue weighted by molar-refractivity contribution is 7.45. The Morgan fingerprint density at radius 2 is 0.659 bits per heavy atom. The molecule has 0 rings (SSSR count). The second kappa shape index (κ2) is 70.0. The van der Waals surface area contributed by atoms with Gasteiger partial charge in [0.15, 0.2) is 0 Å². The first kappa shape index (κ1) is 86.7. The fourth-order valence-corrected chi connectivity index (χ4v) is 13.0. The molecule has 8 nitrogen and oxygen atoms in total. The molecule has 0 heterocycles. The van der Waals surface area contributed by atoms with Crippen LogP contribution < -0.4 is 10.2 Å². The maximum atomic E-state index is 13.1. The molecule has 0 saturated carbocycles. The van der Waals surface area contributed by atoms with E-state index in [0.29, 0.717) is 23.9 Å². The van der Waals surface area contributed by atoms with Gasteiger partial charge in [-0.2, -0.15) is 0 Å². The molecular formula is C79H155N2O6P. The first-order chi connectivity index (χ1) is 43.0. The number of amides is 1. The topological polar surface area (TPSA) is 108 Å². The highest BCUT2D eigenvalue weighted by atomic mass is 31.2. The summed E-state index contributed by atoms with van der Waals surface area (Å²) in [6.07, 6.45) is 94.0. The Bertz CT molecular complexity index is 1530. The number of carbonyl (C=O) groups is 1. The van der Waals surface area contributed by atoms with Gasteiger partial charge in [0.25, 0.3) is 7.82 Å². The smallest absolute Gasteiger partial charge is 0.268 e. The molecule has 0 radical (unpaired) electrons. The van der Waals surface area contributed by atoms with Crippen molar-refractivity contribution in [2.75, 3.05) is 40.9 Å².